The Labute approximate surface area is 158 Å². The van der Waals surface area contributed by atoms with Crippen molar-refractivity contribution in [1.82, 2.24) is 10.2 Å². The highest BCUT2D eigenvalue weighted by molar-refractivity contribution is 6.31. The molecule has 0 aromatic heterocycles. The molecule has 0 bridgehead atoms. The summed E-state index contributed by atoms with van der Waals surface area (Å²) in [5, 5.41) is 3.50. The van der Waals surface area contributed by atoms with Crippen molar-refractivity contribution in [2.75, 3.05) is 27.3 Å². The van der Waals surface area contributed by atoms with E-state index in [0.717, 1.165) is 12.8 Å². The van der Waals surface area contributed by atoms with Gasteiger partial charge in [0.25, 0.3) is 5.91 Å². The van der Waals surface area contributed by atoms with Gasteiger partial charge in [-0.3, -0.25) is 9.59 Å². The summed E-state index contributed by atoms with van der Waals surface area (Å²) in [4.78, 5) is 26.4. The first-order valence-electron chi connectivity index (χ1n) is 8.85. The van der Waals surface area contributed by atoms with Crippen molar-refractivity contribution in [3.63, 3.8) is 0 Å². The molecule has 3 rings (SSSR count). The summed E-state index contributed by atoms with van der Waals surface area (Å²) in [7, 11) is 3.22. The number of benzene rings is 1. The Morgan fingerprint density at radius 1 is 1.19 bits per heavy atom. The zero-order valence-electron chi connectivity index (χ0n) is 15.3. The number of ether oxygens (including phenoxy) is 2. The van der Waals surface area contributed by atoms with Gasteiger partial charge in [0.2, 0.25) is 5.91 Å². The van der Waals surface area contributed by atoms with Gasteiger partial charge in [-0.15, -0.1) is 0 Å². The summed E-state index contributed by atoms with van der Waals surface area (Å²) in [6.07, 6.45) is 1.64. The minimum atomic E-state index is -0.0659. The predicted molar refractivity (Wildman–Crippen MR) is 98.5 cm³/mol. The van der Waals surface area contributed by atoms with Gasteiger partial charge >= 0.3 is 0 Å². The fourth-order valence-corrected chi connectivity index (χ4v) is 4.44. The summed E-state index contributed by atoms with van der Waals surface area (Å²) in [5.74, 6) is 1.14. The standard InChI is InChI=1S/C19H25ClN2O4/c1-11(23)21-16-6-12-9-22(10-13(12)7-18(16)26-3)19(24)15-8-14(20)4-5-17(15)25-2/h4-5,8,12-13,16,18H,6-7,9-10H2,1-3H3,(H,21,23)/t12-,13+,16-,18-/m1/s1. The Kier molecular flexibility index (Phi) is 5.73. The molecule has 2 fully saturated rings. The fourth-order valence-electron chi connectivity index (χ4n) is 4.27. The van der Waals surface area contributed by atoms with Gasteiger partial charge in [-0.05, 0) is 42.9 Å². The van der Waals surface area contributed by atoms with E-state index < -0.39 is 0 Å². The second kappa shape index (κ2) is 7.84. The smallest absolute Gasteiger partial charge is 0.257 e. The second-order valence-corrected chi connectivity index (χ2v) is 7.56. The van der Waals surface area contributed by atoms with Crippen molar-refractivity contribution in [3.05, 3.63) is 28.8 Å². The molecule has 0 radical (unpaired) electrons. The van der Waals surface area contributed by atoms with Crippen LogP contribution in [0.1, 0.15) is 30.1 Å². The number of fused-ring (bicyclic) bond motifs is 1. The van der Waals surface area contributed by atoms with Crippen molar-refractivity contribution >= 4 is 23.4 Å². The van der Waals surface area contributed by atoms with Crippen LogP contribution in [0.5, 0.6) is 5.75 Å². The lowest BCUT2D eigenvalue weighted by molar-refractivity contribution is -0.121. The first kappa shape index (κ1) is 19.0. The molecule has 7 heteroatoms. The van der Waals surface area contributed by atoms with Crippen LogP contribution in [-0.4, -0.2) is 56.2 Å². The summed E-state index contributed by atoms with van der Waals surface area (Å²) in [6, 6.07) is 5.08. The van der Waals surface area contributed by atoms with E-state index in [-0.39, 0.29) is 24.0 Å². The number of hydrogen-bond donors (Lipinski definition) is 1. The lowest BCUT2D eigenvalue weighted by Crippen LogP contribution is -2.49. The molecule has 1 saturated carbocycles. The van der Waals surface area contributed by atoms with Crippen molar-refractivity contribution in [2.24, 2.45) is 11.8 Å². The number of likely N-dealkylation sites (tertiary alicyclic amines) is 1. The molecular weight excluding hydrogens is 356 g/mol. The topological polar surface area (TPSA) is 67.9 Å². The van der Waals surface area contributed by atoms with E-state index in [0.29, 0.717) is 41.3 Å². The first-order chi connectivity index (χ1) is 12.4. The van der Waals surface area contributed by atoms with Gasteiger partial charge in [-0.1, -0.05) is 11.6 Å². The van der Waals surface area contributed by atoms with E-state index in [1.54, 1.807) is 32.4 Å². The van der Waals surface area contributed by atoms with Crippen molar-refractivity contribution in [2.45, 2.75) is 31.9 Å². The average molecular weight is 381 g/mol. The van der Waals surface area contributed by atoms with Crippen molar-refractivity contribution in [1.29, 1.82) is 0 Å². The fraction of sp³-hybridized carbons (Fsp3) is 0.579. The quantitative estimate of drug-likeness (QED) is 0.870. The van der Waals surface area contributed by atoms with Gasteiger partial charge in [-0.25, -0.2) is 0 Å². The normalized spacial score (nSPS) is 27.8. The number of carbonyl (C=O) groups is 2. The van der Waals surface area contributed by atoms with Gasteiger partial charge in [0.05, 0.1) is 24.8 Å². The molecule has 1 aliphatic heterocycles. The maximum absolute atomic E-state index is 13.0. The van der Waals surface area contributed by atoms with E-state index in [4.69, 9.17) is 21.1 Å². The molecule has 4 atom stereocenters. The Balaban J connectivity index is 1.75. The minimum Gasteiger partial charge on any atom is -0.496 e. The number of methoxy groups -OCH3 is 2. The SMILES string of the molecule is COc1ccc(Cl)cc1C(=O)N1C[C@H]2C[C@@H](NC(C)=O)[C@H](OC)C[C@H]2C1. The van der Waals surface area contributed by atoms with Gasteiger partial charge in [0.1, 0.15) is 5.75 Å². The molecular formula is C19H25ClN2O4. The lowest BCUT2D eigenvalue weighted by Gasteiger charge is -2.37. The number of halogens is 1. The van der Waals surface area contributed by atoms with Gasteiger partial charge in [-0.2, -0.15) is 0 Å². The van der Waals surface area contributed by atoms with E-state index >= 15 is 0 Å². The maximum atomic E-state index is 13.0. The Hall–Kier alpha value is -1.79. The van der Waals surface area contributed by atoms with E-state index in [1.807, 2.05) is 4.90 Å². The second-order valence-electron chi connectivity index (χ2n) is 7.13. The third kappa shape index (κ3) is 3.81. The summed E-state index contributed by atoms with van der Waals surface area (Å²) in [5.41, 5.74) is 0.486. The monoisotopic (exact) mass is 380 g/mol. The highest BCUT2D eigenvalue weighted by Gasteiger charge is 2.44. The molecule has 6 nitrogen and oxygen atoms in total. The van der Waals surface area contributed by atoms with Crippen LogP contribution in [0.3, 0.4) is 0 Å². The number of nitrogens with zero attached hydrogens (tertiary/aromatic N) is 1. The molecule has 1 heterocycles. The third-order valence-electron chi connectivity index (χ3n) is 5.49. The van der Waals surface area contributed by atoms with E-state index in [1.165, 1.54) is 6.92 Å². The van der Waals surface area contributed by atoms with Crippen LogP contribution in [0.25, 0.3) is 0 Å². The van der Waals surface area contributed by atoms with E-state index in [2.05, 4.69) is 5.32 Å². The van der Waals surface area contributed by atoms with Crippen LogP contribution in [0.2, 0.25) is 5.02 Å². The number of rotatable bonds is 4. The van der Waals surface area contributed by atoms with Gasteiger partial charge < -0.3 is 19.7 Å². The number of nitrogens with one attached hydrogen (secondary N) is 1. The molecule has 1 aromatic rings. The summed E-state index contributed by atoms with van der Waals surface area (Å²) in [6.45, 7) is 2.88. The van der Waals surface area contributed by atoms with E-state index in [9.17, 15) is 9.59 Å². The zero-order valence-corrected chi connectivity index (χ0v) is 16.1. The Bertz CT molecular complexity index is 696. The van der Waals surface area contributed by atoms with Crippen LogP contribution in [0.15, 0.2) is 18.2 Å². The predicted octanol–water partition coefficient (Wildman–Crippen LogP) is 2.35. The van der Waals surface area contributed by atoms with Crippen LogP contribution < -0.4 is 10.1 Å². The molecule has 26 heavy (non-hydrogen) atoms. The molecule has 1 aromatic carbocycles. The van der Waals surface area contributed by atoms with Crippen LogP contribution >= 0.6 is 11.6 Å². The van der Waals surface area contributed by atoms with Crippen molar-refractivity contribution < 1.29 is 19.1 Å². The molecule has 142 valence electrons. The lowest BCUT2D eigenvalue weighted by atomic mass is 9.77. The Morgan fingerprint density at radius 2 is 1.88 bits per heavy atom. The Morgan fingerprint density at radius 3 is 2.50 bits per heavy atom. The van der Waals surface area contributed by atoms with Gasteiger partial charge in [0.15, 0.2) is 0 Å². The van der Waals surface area contributed by atoms with Crippen LogP contribution in [-0.2, 0) is 9.53 Å². The molecule has 0 unspecified atom stereocenters. The highest BCUT2D eigenvalue weighted by Crippen LogP contribution is 2.38. The molecule has 1 aliphatic carbocycles. The third-order valence-corrected chi connectivity index (χ3v) is 5.72. The molecule has 1 saturated heterocycles. The van der Waals surface area contributed by atoms with Crippen LogP contribution in [0.4, 0.5) is 0 Å². The van der Waals surface area contributed by atoms with Gasteiger partial charge in [0, 0.05) is 32.1 Å². The number of carbonyl (C=O) groups excluding carboxylic acids is 2. The number of hydrogen-bond acceptors (Lipinski definition) is 4. The molecule has 2 aliphatic rings. The van der Waals surface area contributed by atoms with Crippen molar-refractivity contribution in [3.8, 4) is 5.75 Å². The minimum absolute atomic E-state index is 0.00509. The number of amides is 2. The maximum Gasteiger partial charge on any atom is 0.257 e. The molecule has 1 N–H and O–H groups in total. The summed E-state index contributed by atoms with van der Waals surface area (Å²) >= 11 is 6.07. The molecule has 2 amide bonds. The largest absolute Gasteiger partial charge is 0.496 e. The van der Waals surface area contributed by atoms with Crippen LogP contribution in [0, 0.1) is 11.8 Å². The zero-order chi connectivity index (χ0) is 18.8. The average Bonchev–Trinajstić information content (AvgIpc) is 3.02. The first-order valence-corrected chi connectivity index (χ1v) is 9.23. The molecule has 0 spiro atoms. The summed E-state index contributed by atoms with van der Waals surface area (Å²) < 4.78 is 10.9. The highest BCUT2D eigenvalue weighted by atomic mass is 35.5.